The van der Waals surface area contributed by atoms with Gasteiger partial charge in [-0.2, -0.15) is 0 Å². The lowest BCUT2D eigenvalue weighted by atomic mass is 9.87. The molecule has 3 aromatic rings. The minimum absolute atomic E-state index is 0.0963. The summed E-state index contributed by atoms with van der Waals surface area (Å²) < 4.78 is 34.8. The number of hydrogen-bond donors (Lipinski definition) is 1. The van der Waals surface area contributed by atoms with Crippen LogP contribution in [0.25, 0.3) is 0 Å². The topological polar surface area (TPSA) is 70.7 Å². The van der Waals surface area contributed by atoms with Gasteiger partial charge >= 0.3 is 0 Å². The highest BCUT2D eigenvalue weighted by Crippen LogP contribution is 2.34. The average molecular weight is 577 g/mol. The van der Waals surface area contributed by atoms with Crippen molar-refractivity contribution in [2.75, 3.05) is 71.7 Å². The number of nitrogens with zero attached hydrogens (tertiary/aromatic N) is 1. The van der Waals surface area contributed by atoms with Crippen LogP contribution in [0, 0.1) is 0 Å². The maximum absolute atomic E-state index is 6.54. The molecule has 0 radical (unpaired) electrons. The maximum Gasteiger partial charge on any atom is 0.142 e. The molecule has 0 bridgehead atoms. The molecule has 0 saturated carbocycles. The molecule has 2 aliphatic rings. The highest BCUT2D eigenvalue weighted by atomic mass is 16.5. The molecule has 2 atom stereocenters. The van der Waals surface area contributed by atoms with E-state index in [1.54, 1.807) is 14.2 Å². The Morgan fingerprint density at radius 1 is 0.952 bits per heavy atom. The van der Waals surface area contributed by atoms with Gasteiger partial charge in [-0.15, -0.1) is 0 Å². The molecule has 0 aliphatic carbocycles. The van der Waals surface area contributed by atoms with Crippen molar-refractivity contribution in [1.82, 2.24) is 5.32 Å². The van der Waals surface area contributed by atoms with Gasteiger partial charge in [-0.05, 0) is 60.8 Å². The van der Waals surface area contributed by atoms with Crippen LogP contribution in [0.4, 0.5) is 5.69 Å². The SMILES string of the molecule is COCCCN1CCOc2ccc(CO[C@H]3CNCC[C@@H]3c3ccc(OCCOCc4ccccc4OC)cc3)cc21. The van der Waals surface area contributed by atoms with Gasteiger partial charge in [0, 0.05) is 38.3 Å². The van der Waals surface area contributed by atoms with Gasteiger partial charge in [-0.25, -0.2) is 0 Å². The Morgan fingerprint density at radius 3 is 2.69 bits per heavy atom. The van der Waals surface area contributed by atoms with E-state index in [0.29, 0.717) is 39.0 Å². The van der Waals surface area contributed by atoms with Crippen molar-refractivity contribution in [3.63, 3.8) is 0 Å². The summed E-state index contributed by atoms with van der Waals surface area (Å²) in [6.07, 6.45) is 2.12. The number of anilines is 1. The van der Waals surface area contributed by atoms with Crippen LogP contribution in [-0.4, -0.2) is 72.9 Å². The first-order valence-electron chi connectivity index (χ1n) is 15.0. The summed E-state index contributed by atoms with van der Waals surface area (Å²) in [5, 5.41) is 3.52. The van der Waals surface area contributed by atoms with E-state index in [1.165, 1.54) is 5.56 Å². The van der Waals surface area contributed by atoms with Crippen LogP contribution in [0.1, 0.15) is 35.4 Å². The van der Waals surface area contributed by atoms with Crippen molar-refractivity contribution in [3.8, 4) is 17.2 Å². The van der Waals surface area contributed by atoms with Crippen molar-refractivity contribution in [1.29, 1.82) is 0 Å². The predicted molar refractivity (Wildman–Crippen MR) is 164 cm³/mol. The minimum atomic E-state index is 0.0963. The number of methoxy groups -OCH3 is 2. The lowest BCUT2D eigenvalue weighted by Crippen LogP contribution is -2.41. The molecule has 8 nitrogen and oxygen atoms in total. The van der Waals surface area contributed by atoms with Gasteiger partial charge in [-0.3, -0.25) is 0 Å². The van der Waals surface area contributed by atoms with Gasteiger partial charge in [0.2, 0.25) is 0 Å². The fraction of sp³-hybridized carbons (Fsp3) is 0.471. The lowest BCUT2D eigenvalue weighted by molar-refractivity contribution is 0.0106. The molecule has 0 amide bonds. The normalized spacial score (nSPS) is 18.3. The number of hydrogen-bond acceptors (Lipinski definition) is 8. The van der Waals surface area contributed by atoms with Crippen LogP contribution in [0.2, 0.25) is 0 Å². The van der Waals surface area contributed by atoms with Gasteiger partial charge in [0.15, 0.2) is 0 Å². The Morgan fingerprint density at radius 2 is 1.83 bits per heavy atom. The number of piperidine rings is 1. The summed E-state index contributed by atoms with van der Waals surface area (Å²) in [5.41, 5.74) is 4.63. The second-order valence-corrected chi connectivity index (χ2v) is 10.7. The Balaban J connectivity index is 1.11. The number of fused-ring (bicyclic) bond motifs is 1. The molecule has 2 aliphatic heterocycles. The molecule has 226 valence electrons. The number of nitrogens with one attached hydrogen (secondary N) is 1. The number of ether oxygens (including phenoxy) is 6. The molecule has 1 N–H and O–H groups in total. The van der Waals surface area contributed by atoms with Gasteiger partial charge in [0.1, 0.15) is 30.5 Å². The van der Waals surface area contributed by atoms with E-state index in [0.717, 1.165) is 79.7 Å². The van der Waals surface area contributed by atoms with Gasteiger partial charge in [-0.1, -0.05) is 36.4 Å². The van der Waals surface area contributed by atoms with Crippen LogP contribution in [-0.2, 0) is 27.4 Å². The monoisotopic (exact) mass is 576 g/mol. The highest BCUT2D eigenvalue weighted by Gasteiger charge is 2.27. The average Bonchev–Trinajstić information content (AvgIpc) is 3.04. The molecular weight excluding hydrogens is 532 g/mol. The van der Waals surface area contributed by atoms with E-state index in [9.17, 15) is 0 Å². The Kier molecular flexibility index (Phi) is 11.3. The zero-order chi connectivity index (χ0) is 29.0. The Bertz CT molecular complexity index is 1240. The summed E-state index contributed by atoms with van der Waals surface area (Å²) in [6.45, 7) is 7.21. The molecule has 1 saturated heterocycles. The minimum Gasteiger partial charge on any atom is -0.496 e. The Labute approximate surface area is 249 Å². The van der Waals surface area contributed by atoms with Crippen LogP contribution in [0.15, 0.2) is 66.7 Å². The summed E-state index contributed by atoms with van der Waals surface area (Å²) >= 11 is 0. The van der Waals surface area contributed by atoms with Crippen molar-refractivity contribution < 1.29 is 28.4 Å². The first kappa shape index (κ1) is 30.2. The van der Waals surface area contributed by atoms with Crippen molar-refractivity contribution in [2.45, 2.75) is 38.1 Å². The molecule has 8 heteroatoms. The van der Waals surface area contributed by atoms with Crippen molar-refractivity contribution >= 4 is 5.69 Å². The molecular formula is C34H44N2O6. The van der Waals surface area contributed by atoms with Crippen molar-refractivity contribution in [2.24, 2.45) is 0 Å². The molecule has 0 aromatic heterocycles. The van der Waals surface area contributed by atoms with Crippen LogP contribution >= 0.6 is 0 Å². The second kappa shape index (κ2) is 15.8. The summed E-state index contributed by atoms with van der Waals surface area (Å²) in [6, 6.07) is 22.8. The zero-order valence-corrected chi connectivity index (χ0v) is 24.9. The van der Waals surface area contributed by atoms with E-state index in [-0.39, 0.29) is 6.10 Å². The van der Waals surface area contributed by atoms with Gasteiger partial charge < -0.3 is 38.6 Å². The van der Waals surface area contributed by atoms with E-state index in [4.69, 9.17) is 28.4 Å². The lowest BCUT2D eigenvalue weighted by Gasteiger charge is -2.33. The van der Waals surface area contributed by atoms with Gasteiger partial charge in [0.25, 0.3) is 0 Å². The zero-order valence-electron chi connectivity index (χ0n) is 24.9. The number of benzene rings is 3. The van der Waals surface area contributed by atoms with E-state index in [2.05, 4.69) is 52.7 Å². The first-order chi connectivity index (χ1) is 20.7. The number of rotatable bonds is 15. The summed E-state index contributed by atoms with van der Waals surface area (Å²) in [4.78, 5) is 2.39. The molecule has 1 fully saturated rings. The third-order valence-corrected chi connectivity index (χ3v) is 7.90. The molecule has 0 unspecified atom stereocenters. The van der Waals surface area contributed by atoms with E-state index >= 15 is 0 Å². The number of para-hydroxylation sites is 1. The molecule has 3 aromatic carbocycles. The van der Waals surface area contributed by atoms with E-state index < -0.39 is 0 Å². The highest BCUT2D eigenvalue weighted by molar-refractivity contribution is 5.61. The fourth-order valence-corrected chi connectivity index (χ4v) is 5.66. The van der Waals surface area contributed by atoms with Crippen LogP contribution < -0.4 is 24.4 Å². The smallest absolute Gasteiger partial charge is 0.142 e. The predicted octanol–water partition coefficient (Wildman–Crippen LogP) is 5.19. The largest absolute Gasteiger partial charge is 0.496 e. The molecule has 5 rings (SSSR count). The standard InChI is InChI=1S/C34H44N2O6/c1-37-18-5-16-36-17-19-41-33-13-8-26(22-31(33)36)24-42-34-23-35-15-14-30(34)27-9-11-29(12-10-27)40-21-20-39-25-28-6-3-4-7-32(28)38-2/h3-4,6-13,22,30,34-35H,5,14-21,23-25H2,1-2H3/t30-,34+/m1/s1. The second-order valence-electron chi connectivity index (χ2n) is 10.7. The molecule has 0 spiro atoms. The van der Waals surface area contributed by atoms with E-state index in [1.807, 2.05) is 24.3 Å². The first-order valence-corrected chi connectivity index (χ1v) is 15.0. The van der Waals surface area contributed by atoms with Crippen LogP contribution in [0.3, 0.4) is 0 Å². The summed E-state index contributed by atoms with van der Waals surface area (Å²) in [7, 11) is 3.43. The molecule has 42 heavy (non-hydrogen) atoms. The van der Waals surface area contributed by atoms with Gasteiger partial charge in [0.05, 0.1) is 45.3 Å². The summed E-state index contributed by atoms with van der Waals surface area (Å²) in [5.74, 6) is 2.96. The maximum atomic E-state index is 6.54. The third kappa shape index (κ3) is 8.16. The third-order valence-electron chi connectivity index (χ3n) is 7.90. The van der Waals surface area contributed by atoms with Crippen LogP contribution in [0.5, 0.6) is 17.2 Å². The van der Waals surface area contributed by atoms with Crippen molar-refractivity contribution in [3.05, 3.63) is 83.4 Å². The Hall–Kier alpha value is -3.30. The quantitative estimate of drug-likeness (QED) is 0.248. The molecule has 2 heterocycles. The fourth-order valence-electron chi connectivity index (χ4n) is 5.66.